The summed E-state index contributed by atoms with van der Waals surface area (Å²) in [6, 6.07) is 3.16. The molecule has 1 aromatic carbocycles. The molecule has 114 valence electrons. The molecule has 0 amide bonds. The maximum absolute atomic E-state index is 13.4. The molecule has 1 unspecified atom stereocenters. The third kappa shape index (κ3) is 2.72. The highest BCUT2D eigenvalue weighted by molar-refractivity contribution is 5.40. The molecule has 0 aliphatic carbocycles. The average molecular weight is 306 g/mol. The molecule has 1 aliphatic rings. The Bertz CT molecular complexity index is 688. The van der Waals surface area contributed by atoms with Crippen molar-refractivity contribution < 1.29 is 13.7 Å². The summed E-state index contributed by atoms with van der Waals surface area (Å²) in [4.78, 5) is 19.8. The first-order valence-corrected chi connectivity index (χ1v) is 6.73. The van der Waals surface area contributed by atoms with Gasteiger partial charge < -0.3 is 4.90 Å². The summed E-state index contributed by atoms with van der Waals surface area (Å²) in [5.74, 6) is -0.948. The summed E-state index contributed by atoms with van der Waals surface area (Å²) in [6.45, 7) is 0.626. The van der Waals surface area contributed by atoms with Crippen molar-refractivity contribution in [3.63, 3.8) is 0 Å². The van der Waals surface area contributed by atoms with E-state index < -0.39 is 16.6 Å². The van der Waals surface area contributed by atoms with Crippen molar-refractivity contribution in [3.05, 3.63) is 57.9 Å². The first-order chi connectivity index (χ1) is 10.5. The first kappa shape index (κ1) is 14.3. The monoisotopic (exact) mass is 306 g/mol. The number of rotatable bonds is 3. The molecule has 0 spiro atoms. The van der Waals surface area contributed by atoms with Gasteiger partial charge >= 0.3 is 5.69 Å². The van der Waals surface area contributed by atoms with E-state index >= 15 is 0 Å². The maximum Gasteiger partial charge on any atom is 0.305 e. The number of nitro groups is 1. The zero-order chi connectivity index (χ0) is 15.7. The molecule has 1 aliphatic heterocycles. The minimum atomic E-state index is -0.633. The van der Waals surface area contributed by atoms with E-state index in [4.69, 9.17) is 0 Å². The van der Waals surface area contributed by atoms with Crippen LogP contribution in [0.3, 0.4) is 0 Å². The van der Waals surface area contributed by atoms with Crippen molar-refractivity contribution in [2.75, 3.05) is 11.4 Å². The van der Waals surface area contributed by atoms with Crippen LogP contribution in [-0.4, -0.2) is 21.4 Å². The van der Waals surface area contributed by atoms with E-state index in [9.17, 15) is 18.9 Å². The molecule has 0 saturated carbocycles. The van der Waals surface area contributed by atoms with Crippen LogP contribution in [0.1, 0.15) is 24.4 Å². The molecule has 1 saturated heterocycles. The van der Waals surface area contributed by atoms with Crippen LogP contribution >= 0.6 is 0 Å². The Morgan fingerprint density at radius 1 is 1.18 bits per heavy atom. The number of hydrogen-bond donors (Lipinski definition) is 0. The topological polar surface area (TPSA) is 72.2 Å². The Morgan fingerprint density at radius 2 is 1.82 bits per heavy atom. The van der Waals surface area contributed by atoms with Crippen molar-refractivity contribution in [1.82, 2.24) is 9.97 Å². The third-order valence-electron chi connectivity index (χ3n) is 3.61. The predicted octanol–water partition coefficient (Wildman–Crippen LogP) is 3.00. The fourth-order valence-corrected chi connectivity index (χ4v) is 2.68. The van der Waals surface area contributed by atoms with E-state index in [1.165, 1.54) is 12.1 Å². The molecule has 1 atom stereocenters. The van der Waals surface area contributed by atoms with E-state index in [0.717, 1.165) is 24.9 Å². The number of hydrogen-bond acceptors (Lipinski definition) is 5. The van der Waals surface area contributed by atoms with Crippen molar-refractivity contribution >= 4 is 11.6 Å². The highest BCUT2D eigenvalue weighted by Gasteiger charge is 2.29. The average Bonchev–Trinajstić information content (AvgIpc) is 2.95. The smallest absolute Gasteiger partial charge is 0.305 e. The zero-order valence-electron chi connectivity index (χ0n) is 11.4. The van der Waals surface area contributed by atoms with Crippen molar-refractivity contribution in [2.24, 2.45) is 0 Å². The third-order valence-corrected chi connectivity index (χ3v) is 3.61. The van der Waals surface area contributed by atoms with Gasteiger partial charge in [0.25, 0.3) is 0 Å². The molecule has 3 rings (SSSR count). The molecule has 1 aromatic heterocycles. The van der Waals surface area contributed by atoms with Gasteiger partial charge in [0.05, 0.1) is 11.0 Å². The number of benzene rings is 1. The molecule has 6 nitrogen and oxygen atoms in total. The summed E-state index contributed by atoms with van der Waals surface area (Å²) in [7, 11) is 0. The molecule has 22 heavy (non-hydrogen) atoms. The Morgan fingerprint density at radius 3 is 2.41 bits per heavy atom. The highest BCUT2D eigenvalue weighted by atomic mass is 19.1. The van der Waals surface area contributed by atoms with Gasteiger partial charge in [-0.1, -0.05) is 0 Å². The zero-order valence-corrected chi connectivity index (χ0v) is 11.4. The maximum atomic E-state index is 13.4. The van der Waals surface area contributed by atoms with Crippen LogP contribution in [-0.2, 0) is 0 Å². The van der Waals surface area contributed by atoms with Gasteiger partial charge in [-0.2, -0.15) is 0 Å². The minimum absolute atomic E-state index is 0.198. The van der Waals surface area contributed by atoms with Crippen LogP contribution in [0.5, 0.6) is 0 Å². The van der Waals surface area contributed by atoms with Crippen molar-refractivity contribution in [1.29, 1.82) is 0 Å². The summed E-state index contributed by atoms with van der Waals surface area (Å²) in [5.41, 5.74) is 0.313. The molecule has 8 heteroatoms. The van der Waals surface area contributed by atoms with Gasteiger partial charge in [0.1, 0.15) is 24.0 Å². The lowest BCUT2D eigenvalue weighted by molar-refractivity contribution is -0.385. The Kier molecular flexibility index (Phi) is 3.66. The number of anilines is 1. The molecular weight excluding hydrogens is 294 g/mol. The van der Waals surface area contributed by atoms with E-state index in [2.05, 4.69) is 9.97 Å². The molecule has 0 bridgehead atoms. The van der Waals surface area contributed by atoms with Crippen LogP contribution in [0, 0.1) is 21.7 Å². The van der Waals surface area contributed by atoms with Crippen molar-refractivity contribution in [2.45, 2.75) is 18.9 Å². The molecular formula is C14H12F2N4O2. The first-order valence-electron chi connectivity index (χ1n) is 6.73. The quantitative estimate of drug-likeness (QED) is 0.644. The molecule has 0 N–H and O–H groups in total. The normalized spacial score (nSPS) is 17.7. The summed E-state index contributed by atoms with van der Waals surface area (Å²) in [5, 5.41) is 10.6. The van der Waals surface area contributed by atoms with Gasteiger partial charge in [-0.15, -0.1) is 0 Å². The van der Waals surface area contributed by atoms with Gasteiger partial charge in [0, 0.05) is 12.6 Å². The second-order valence-corrected chi connectivity index (χ2v) is 5.05. The predicted molar refractivity (Wildman–Crippen MR) is 74.4 cm³/mol. The van der Waals surface area contributed by atoms with E-state index in [1.807, 2.05) is 0 Å². The second-order valence-electron chi connectivity index (χ2n) is 5.05. The Balaban J connectivity index is 1.91. The standard InChI is InChI=1S/C14H12F2N4O2/c15-10-4-9(5-11(16)6-10)13-2-1-3-19(13)14-17-7-12(8-18-14)20(21)22/h4-8,13H,1-3H2. The number of aromatic nitrogens is 2. The Labute approximate surface area is 124 Å². The van der Waals surface area contributed by atoms with Gasteiger partial charge in [0.2, 0.25) is 5.95 Å². The van der Waals surface area contributed by atoms with Crippen LogP contribution in [0.4, 0.5) is 20.4 Å². The van der Waals surface area contributed by atoms with Gasteiger partial charge in [0.15, 0.2) is 0 Å². The molecule has 2 aromatic rings. The highest BCUT2D eigenvalue weighted by Crippen LogP contribution is 2.35. The van der Waals surface area contributed by atoms with Gasteiger partial charge in [-0.05, 0) is 30.5 Å². The van der Waals surface area contributed by atoms with Crippen LogP contribution < -0.4 is 4.90 Å². The summed E-state index contributed by atoms with van der Waals surface area (Å²) >= 11 is 0. The van der Waals surface area contributed by atoms with E-state index in [0.29, 0.717) is 24.5 Å². The SMILES string of the molecule is O=[N+]([O-])c1cnc(N2CCCC2c2cc(F)cc(F)c2)nc1. The van der Waals surface area contributed by atoms with E-state index in [-0.39, 0.29) is 11.7 Å². The number of halogens is 2. The van der Waals surface area contributed by atoms with Crippen LogP contribution in [0.25, 0.3) is 0 Å². The van der Waals surface area contributed by atoms with E-state index in [1.54, 1.807) is 4.90 Å². The lowest BCUT2D eigenvalue weighted by Gasteiger charge is -2.24. The summed E-state index contributed by atoms with van der Waals surface area (Å²) in [6.07, 6.45) is 3.79. The van der Waals surface area contributed by atoms with Crippen LogP contribution in [0.2, 0.25) is 0 Å². The Hall–Kier alpha value is -2.64. The second kappa shape index (κ2) is 5.63. The number of nitrogens with zero attached hydrogens (tertiary/aromatic N) is 4. The van der Waals surface area contributed by atoms with Crippen LogP contribution in [0.15, 0.2) is 30.6 Å². The molecule has 0 radical (unpaired) electrons. The summed E-state index contributed by atoms with van der Waals surface area (Å²) < 4.78 is 26.8. The molecule has 2 heterocycles. The van der Waals surface area contributed by atoms with Gasteiger partial charge in [-0.25, -0.2) is 18.7 Å². The largest absolute Gasteiger partial charge is 0.334 e. The van der Waals surface area contributed by atoms with Gasteiger partial charge in [-0.3, -0.25) is 10.1 Å². The minimum Gasteiger partial charge on any atom is -0.334 e. The lowest BCUT2D eigenvalue weighted by Crippen LogP contribution is -2.24. The fourth-order valence-electron chi connectivity index (χ4n) is 2.68. The fraction of sp³-hybridized carbons (Fsp3) is 0.286. The lowest BCUT2D eigenvalue weighted by atomic mass is 10.0. The van der Waals surface area contributed by atoms with Crippen molar-refractivity contribution in [3.8, 4) is 0 Å². The molecule has 1 fully saturated rings.